The Labute approximate surface area is 171 Å². The molecule has 3 aromatic rings. The predicted octanol–water partition coefficient (Wildman–Crippen LogP) is 5.02. The highest BCUT2D eigenvalue weighted by Crippen LogP contribution is 2.33. The maximum absolute atomic E-state index is 6.31. The van der Waals surface area contributed by atoms with Crippen LogP contribution < -0.4 is 4.74 Å². The fraction of sp³-hybridized carbons (Fsp3) is 0.435. The molecular weight excluding hydrogens is 370 g/mol. The van der Waals surface area contributed by atoms with Gasteiger partial charge in [-0.3, -0.25) is 4.90 Å². The molecule has 0 N–H and O–H groups in total. The molecule has 2 aliphatic rings. The number of methoxy groups -OCH3 is 1. The van der Waals surface area contributed by atoms with Gasteiger partial charge in [-0.2, -0.15) is 0 Å². The number of piperidine rings is 1. The van der Waals surface area contributed by atoms with Crippen LogP contribution in [-0.2, 0) is 19.5 Å². The molecule has 1 saturated heterocycles. The third-order valence-electron chi connectivity index (χ3n) is 6.31. The van der Waals surface area contributed by atoms with Crippen molar-refractivity contribution >= 4 is 22.6 Å². The smallest absolute Gasteiger partial charge is 0.124 e. The lowest BCUT2D eigenvalue weighted by Crippen LogP contribution is -2.33. The maximum atomic E-state index is 6.31. The number of ether oxygens (including phenoxy) is 1. The lowest BCUT2D eigenvalue weighted by molar-refractivity contribution is 0.198. The topological polar surface area (TPSA) is 30.3 Å². The van der Waals surface area contributed by atoms with Gasteiger partial charge in [0.1, 0.15) is 11.6 Å². The fourth-order valence-corrected chi connectivity index (χ4v) is 5.10. The van der Waals surface area contributed by atoms with E-state index in [1.807, 2.05) is 12.1 Å². The van der Waals surface area contributed by atoms with Gasteiger partial charge in [-0.25, -0.2) is 4.98 Å². The van der Waals surface area contributed by atoms with E-state index in [2.05, 4.69) is 33.7 Å². The average Bonchev–Trinajstić information content (AvgIpc) is 3.07. The predicted molar refractivity (Wildman–Crippen MR) is 113 cm³/mol. The van der Waals surface area contributed by atoms with Gasteiger partial charge in [0.15, 0.2) is 0 Å². The summed E-state index contributed by atoms with van der Waals surface area (Å²) in [6, 6.07) is 12.7. The zero-order valence-corrected chi connectivity index (χ0v) is 17.1. The second-order valence-corrected chi connectivity index (χ2v) is 8.48. The molecule has 0 atom stereocenters. The second kappa shape index (κ2) is 7.41. The number of likely N-dealkylation sites (tertiary alicyclic amines) is 1. The summed E-state index contributed by atoms with van der Waals surface area (Å²) in [6.45, 7) is 4.22. The van der Waals surface area contributed by atoms with Gasteiger partial charge in [0, 0.05) is 11.6 Å². The molecular formula is C23H26ClN3O. The van der Waals surface area contributed by atoms with Crippen molar-refractivity contribution in [3.8, 4) is 5.75 Å². The van der Waals surface area contributed by atoms with Crippen LogP contribution in [0.1, 0.15) is 42.1 Å². The summed E-state index contributed by atoms with van der Waals surface area (Å²) < 4.78 is 7.82. The van der Waals surface area contributed by atoms with Gasteiger partial charge in [-0.1, -0.05) is 23.7 Å². The molecule has 5 rings (SSSR count). The summed E-state index contributed by atoms with van der Waals surface area (Å²) in [5.41, 5.74) is 5.12. The van der Waals surface area contributed by atoms with Crippen LogP contribution in [0.4, 0.5) is 0 Å². The highest BCUT2D eigenvalue weighted by atomic mass is 35.5. The molecule has 0 spiro atoms. The number of imidazole rings is 1. The molecule has 1 fully saturated rings. The molecule has 0 saturated carbocycles. The summed E-state index contributed by atoms with van der Waals surface area (Å²) >= 11 is 6.31. The van der Waals surface area contributed by atoms with E-state index in [0.29, 0.717) is 5.92 Å². The Morgan fingerprint density at radius 1 is 1.14 bits per heavy atom. The van der Waals surface area contributed by atoms with Crippen LogP contribution in [0.2, 0.25) is 5.02 Å². The van der Waals surface area contributed by atoms with E-state index in [0.717, 1.165) is 48.9 Å². The van der Waals surface area contributed by atoms with Gasteiger partial charge in [-0.05, 0) is 80.1 Å². The molecule has 0 amide bonds. The molecule has 2 aliphatic heterocycles. The van der Waals surface area contributed by atoms with Gasteiger partial charge in [-0.15, -0.1) is 0 Å². The lowest BCUT2D eigenvalue weighted by Gasteiger charge is -2.32. The quantitative estimate of drug-likeness (QED) is 0.621. The summed E-state index contributed by atoms with van der Waals surface area (Å²) in [7, 11) is 1.74. The maximum Gasteiger partial charge on any atom is 0.124 e. The number of aryl methyl sites for hydroxylation is 2. The Bertz CT molecular complexity index is 1000. The van der Waals surface area contributed by atoms with E-state index >= 15 is 0 Å². The molecule has 0 bridgehead atoms. The molecule has 0 unspecified atom stereocenters. The standard InChI is InChI=1S/C23H26ClN3O/c1-28-20-6-2-4-17(13-20)16-7-10-26(11-8-16)15-22-25-21-14-19(24)12-18-5-3-9-27(22)23(18)21/h2,4,6,12-14,16H,3,5,7-11,15H2,1H3. The van der Waals surface area contributed by atoms with E-state index in [4.69, 9.17) is 21.3 Å². The molecule has 3 heterocycles. The van der Waals surface area contributed by atoms with Crippen molar-refractivity contribution in [2.45, 2.75) is 44.7 Å². The first kappa shape index (κ1) is 18.0. The number of nitrogens with zero attached hydrogens (tertiary/aromatic N) is 3. The summed E-state index contributed by atoms with van der Waals surface area (Å²) in [4.78, 5) is 7.51. The van der Waals surface area contributed by atoms with Crippen LogP contribution in [0.25, 0.3) is 11.0 Å². The molecule has 2 aromatic carbocycles. The number of hydrogen-bond donors (Lipinski definition) is 0. The minimum Gasteiger partial charge on any atom is -0.497 e. The summed E-state index contributed by atoms with van der Waals surface area (Å²) in [5, 5.41) is 0.805. The van der Waals surface area contributed by atoms with Gasteiger partial charge in [0.05, 0.1) is 24.7 Å². The zero-order valence-electron chi connectivity index (χ0n) is 16.3. The van der Waals surface area contributed by atoms with Crippen molar-refractivity contribution in [2.24, 2.45) is 0 Å². The SMILES string of the molecule is COc1cccc(C2CCN(Cc3nc4cc(Cl)cc5c4n3CCC5)CC2)c1. The number of hydrogen-bond acceptors (Lipinski definition) is 3. The normalized spacial score (nSPS) is 17.9. The van der Waals surface area contributed by atoms with Crippen molar-refractivity contribution < 1.29 is 4.74 Å². The third kappa shape index (κ3) is 3.29. The van der Waals surface area contributed by atoms with Gasteiger partial charge >= 0.3 is 0 Å². The fourth-order valence-electron chi connectivity index (χ4n) is 4.86. The van der Waals surface area contributed by atoms with Crippen molar-refractivity contribution in [2.75, 3.05) is 20.2 Å². The molecule has 0 radical (unpaired) electrons. The Balaban J connectivity index is 1.31. The number of halogens is 1. The van der Waals surface area contributed by atoms with Crippen molar-refractivity contribution in [3.05, 3.63) is 58.4 Å². The van der Waals surface area contributed by atoms with E-state index < -0.39 is 0 Å². The second-order valence-electron chi connectivity index (χ2n) is 8.04. The van der Waals surface area contributed by atoms with Crippen LogP contribution in [0.5, 0.6) is 5.75 Å². The summed E-state index contributed by atoms with van der Waals surface area (Å²) in [5.74, 6) is 2.77. The average molecular weight is 396 g/mol. The number of benzene rings is 2. The first-order valence-electron chi connectivity index (χ1n) is 10.2. The Morgan fingerprint density at radius 2 is 2.00 bits per heavy atom. The number of aromatic nitrogens is 2. The van der Waals surface area contributed by atoms with Crippen molar-refractivity contribution in [3.63, 3.8) is 0 Å². The highest BCUT2D eigenvalue weighted by molar-refractivity contribution is 6.31. The molecule has 4 nitrogen and oxygen atoms in total. The van der Waals surface area contributed by atoms with Crippen LogP contribution in [-0.4, -0.2) is 34.7 Å². The Hall–Kier alpha value is -2.04. The minimum absolute atomic E-state index is 0.620. The first-order valence-corrected chi connectivity index (χ1v) is 10.6. The van der Waals surface area contributed by atoms with E-state index in [9.17, 15) is 0 Å². The Morgan fingerprint density at radius 3 is 2.82 bits per heavy atom. The van der Waals surface area contributed by atoms with Gasteiger partial charge < -0.3 is 9.30 Å². The van der Waals surface area contributed by atoms with Crippen molar-refractivity contribution in [1.82, 2.24) is 14.5 Å². The molecule has 0 aliphatic carbocycles. The Kier molecular flexibility index (Phi) is 4.77. The molecule has 1 aromatic heterocycles. The highest BCUT2D eigenvalue weighted by Gasteiger charge is 2.24. The van der Waals surface area contributed by atoms with E-state index in [-0.39, 0.29) is 0 Å². The van der Waals surface area contributed by atoms with Crippen LogP contribution >= 0.6 is 11.6 Å². The molecule has 5 heteroatoms. The van der Waals surface area contributed by atoms with Gasteiger partial charge in [0.25, 0.3) is 0 Å². The molecule has 146 valence electrons. The monoisotopic (exact) mass is 395 g/mol. The zero-order chi connectivity index (χ0) is 19.1. The van der Waals surface area contributed by atoms with E-state index in [1.54, 1.807) is 7.11 Å². The number of rotatable bonds is 4. The summed E-state index contributed by atoms with van der Waals surface area (Å²) in [6.07, 6.45) is 4.65. The largest absolute Gasteiger partial charge is 0.497 e. The van der Waals surface area contributed by atoms with Crippen LogP contribution in [0.15, 0.2) is 36.4 Å². The third-order valence-corrected chi connectivity index (χ3v) is 6.53. The van der Waals surface area contributed by atoms with Crippen molar-refractivity contribution in [1.29, 1.82) is 0 Å². The van der Waals surface area contributed by atoms with E-state index in [1.165, 1.54) is 41.7 Å². The molecule has 28 heavy (non-hydrogen) atoms. The minimum atomic E-state index is 0.620. The first-order chi connectivity index (χ1) is 13.7. The van der Waals surface area contributed by atoms with Gasteiger partial charge in [0.2, 0.25) is 0 Å². The van der Waals surface area contributed by atoms with Crippen LogP contribution in [0, 0.1) is 0 Å². The van der Waals surface area contributed by atoms with Crippen LogP contribution in [0.3, 0.4) is 0 Å². The lowest BCUT2D eigenvalue weighted by atomic mass is 9.89.